The van der Waals surface area contributed by atoms with E-state index in [9.17, 15) is 38.7 Å². The van der Waals surface area contributed by atoms with Crippen LogP contribution in [0.2, 0.25) is 0 Å². The van der Waals surface area contributed by atoms with Crippen LogP contribution in [0.4, 0.5) is 4.79 Å². The number of carbonyl (C=O) groups excluding carboxylic acids is 6. The third-order valence-corrected chi connectivity index (χ3v) is 8.42. The number of ether oxygens (including phenoxy) is 1. The van der Waals surface area contributed by atoms with Crippen molar-refractivity contribution in [2.75, 3.05) is 13.2 Å². The van der Waals surface area contributed by atoms with Crippen molar-refractivity contribution in [3.8, 4) is 0 Å². The number of carboxylic acids is 1. The Labute approximate surface area is 294 Å². The highest BCUT2D eigenvalue weighted by Crippen LogP contribution is 2.27. The second kappa shape index (κ2) is 21.6. The standard InChI is InChI=1S/C36H55N5O9/c1-6-13-26(31(43)34(46)37-20-28(42)40-30(35(47)48)25-16-11-8-12-17-25)38-32(44)27(19-18-22(2)3)39-33(45)29(24-14-9-7-10-15-24)41-36(49)50-21-23(4)5/h8,11-12,16-17,22-24,26-27,29-30H,6-7,9-10,13-15,18-21H2,1-5H3,(H,37,46)(H,38,44)(H,39,45)(H,40,42)(H,41,49)(H,47,48)/t26?,27-,29-,30-/m0/s1. The van der Waals surface area contributed by atoms with Gasteiger partial charge in [-0.2, -0.15) is 0 Å². The molecule has 2 rings (SSSR count). The van der Waals surface area contributed by atoms with Crippen LogP contribution < -0.4 is 26.6 Å². The van der Waals surface area contributed by atoms with Crippen molar-refractivity contribution in [1.82, 2.24) is 26.6 Å². The molecule has 1 unspecified atom stereocenters. The number of aliphatic carboxylic acids is 1. The largest absolute Gasteiger partial charge is 0.479 e. The van der Waals surface area contributed by atoms with Gasteiger partial charge in [-0.1, -0.05) is 90.6 Å². The van der Waals surface area contributed by atoms with Gasteiger partial charge >= 0.3 is 12.1 Å². The number of amides is 5. The van der Waals surface area contributed by atoms with Crippen LogP contribution in [0.3, 0.4) is 0 Å². The van der Waals surface area contributed by atoms with Gasteiger partial charge in [-0.25, -0.2) is 9.59 Å². The molecule has 1 saturated carbocycles. The normalized spacial score (nSPS) is 15.6. The fraction of sp³-hybridized carbons (Fsp3) is 0.639. The van der Waals surface area contributed by atoms with Crippen molar-refractivity contribution in [2.45, 2.75) is 117 Å². The number of alkyl carbamates (subject to hydrolysis) is 1. The minimum absolute atomic E-state index is 0.105. The Balaban J connectivity index is 2.12. The monoisotopic (exact) mass is 701 g/mol. The lowest BCUT2D eigenvalue weighted by Crippen LogP contribution is -2.58. The van der Waals surface area contributed by atoms with Crippen LogP contribution in [0.1, 0.15) is 104 Å². The van der Waals surface area contributed by atoms with Gasteiger partial charge in [0, 0.05) is 0 Å². The van der Waals surface area contributed by atoms with Crippen LogP contribution in [-0.2, 0) is 33.5 Å². The van der Waals surface area contributed by atoms with E-state index in [2.05, 4.69) is 26.6 Å². The van der Waals surface area contributed by atoms with Gasteiger partial charge in [-0.05, 0) is 55.4 Å². The number of carboxylic acid groups (broad SMARTS) is 1. The lowest BCUT2D eigenvalue weighted by molar-refractivity contribution is -0.142. The molecule has 0 radical (unpaired) electrons. The minimum Gasteiger partial charge on any atom is -0.479 e. The lowest BCUT2D eigenvalue weighted by atomic mass is 9.83. The van der Waals surface area contributed by atoms with E-state index in [0.29, 0.717) is 18.4 Å². The number of Topliss-reactive ketones (excluding diaryl/α,β-unsaturated/α-hetero) is 1. The summed E-state index contributed by atoms with van der Waals surface area (Å²) in [6.07, 6.45) is 4.95. The molecule has 0 aromatic heterocycles. The molecule has 50 heavy (non-hydrogen) atoms. The molecule has 1 aromatic carbocycles. The average Bonchev–Trinajstić information content (AvgIpc) is 3.09. The van der Waals surface area contributed by atoms with Crippen LogP contribution in [0.25, 0.3) is 0 Å². The molecule has 1 aliphatic rings. The van der Waals surface area contributed by atoms with Crippen molar-refractivity contribution < 1.29 is 43.4 Å². The van der Waals surface area contributed by atoms with Crippen LogP contribution in [0.5, 0.6) is 0 Å². The second-order valence-electron chi connectivity index (χ2n) is 13.7. The van der Waals surface area contributed by atoms with Gasteiger partial charge in [0.25, 0.3) is 5.91 Å². The van der Waals surface area contributed by atoms with Gasteiger partial charge in [0.2, 0.25) is 23.5 Å². The second-order valence-corrected chi connectivity index (χ2v) is 13.7. The van der Waals surface area contributed by atoms with Crippen LogP contribution in [-0.4, -0.2) is 77.9 Å². The van der Waals surface area contributed by atoms with Gasteiger partial charge in [0.05, 0.1) is 19.2 Å². The third-order valence-electron chi connectivity index (χ3n) is 8.42. The predicted molar refractivity (Wildman–Crippen MR) is 186 cm³/mol. The van der Waals surface area contributed by atoms with E-state index in [0.717, 1.165) is 32.1 Å². The molecule has 6 N–H and O–H groups in total. The van der Waals surface area contributed by atoms with Gasteiger partial charge in [-0.15, -0.1) is 0 Å². The van der Waals surface area contributed by atoms with Crippen LogP contribution >= 0.6 is 0 Å². The first-order chi connectivity index (χ1) is 23.7. The SMILES string of the molecule is CCCC(NC(=O)[C@H](CCC(C)C)NC(=O)[C@@H](NC(=O)OCC(C)C)C1CCCCC1)C(=O)C(=O)NCC(=O)N[C@H](C(=O)O)c1ccccc1. The number of nitrogens with one attached hydrogen (secondary N) is 5. The molecule has 14 nitrogen and oxygen atoms in total. The van der Waals surface area contributed by atoms with Crippen molar-refractivity contribution in [3.63, 3.8) is 0 Å². The average molecular weight is 702 g/mol. The first kappa shape index (κ1) is 41.7. The molecular formula is C36H55N5O9. The van der Waals surface area contributed by atoms with E-state index in [-0.39, 0.29) is 37.2 Å². The molecule has 0 spiro atoms. The van der Waals surface area contributed by atoms with Gasteiger partial charge in [0.1, 0.15) is 12.1 Å². The molecule has 0 bridgehead atoms. The predicted octanol–water partition coefficient (Wildman–Crippen LogP) is 3.15. The summed E-state index contributed by atoms with van der Waals surface area (Å²) < 4.78 is 5.28. The molecule has 0 aliphatic heterocycles. The van der Waals surface area contributed by atoms with Crippen LogP contribution in [0, 0.1) is 17.8 Å². The van der Waals surface area contributed by atoms with E-state index >= 15 is 0 Å². The number of hydrogen-bond donors (Lipinski definition) is 6. The smallest absolute Gasteiger partial charge is 0.407 e. The first-order valence-corrected chi connectivity index (χ1v) is 17.7. The highest BCUT2D eigenvalue weighted by atomic mass is 16.5. The maximum Gasteiger partial charge on any atom is 0.407 e. The molecule has 278 valence electrons. The number of hydrogen-bond acceptors (Lipinski definition) is 8. The molecule has 0 heterocycles. The zero-order valence-electron chi connectivity index (χ0n) is 29.9. The number of carbonyl (C=O) groups is 7. The van der Waals surface area contributed by atoms with Gasteiger partial charge in [0.15, 0.2) is 6.04 Å². The highest BCUT2D eigenvalue weighted by Gasteiger charge is 2.35. The summed E-state index contributed by atoms with van der Waals surface area (Å²) in [5.41, 5.74) is 0.326. The zero-order valence-corrected chi connectivity index (χ0v) is 29.9. The Hall–Kier alpha value is -4.49. The fourth-order valence-electron chi connectivity index (χ4n) is 5.69. The van der Waals surface area contributed by atoms with Crippen LogP contribution in [0.15, 0.2) is 30.3 Å². The zero-order chi connectivity index (χ0) is 37.2. The van der Waals surface area contributed by atoms with E-state index < -0.39 is 72.2 Å². The summed E-state index contributed by atoms with van der Waals surface area (Å²) in [6.45, 7) is 9.02. The van der Waals surface area contributed by atoms with E-state index in [4.69, 9.17) is 4.74 Å². The van der Waals surface area contributed by atoms with Gasteiger partial charge < -0.3 is 36.4 Å². The number of benzene rings is 1. The Bertz CT molecular complexity index is 1300. The van der Waals surface area contributed by atoms with E-state index in [1.165, 1.54) is 12.1 Å². The fourth-order valence-corrected chi connectivity index (χ4v) is 5.69. The van der Waals surface area contributed by atoms with E-state index in [1.54, 1.807) is 25.1 Å². The molecule has 14 heteroatoms. The lowest BCUT2D eigenvalue weighted by Gasteiger charge is -2.31. The quantitative estimate of drug-likeness (QED) is 0.110. The molecule has 0 saturated heterocycles. The first-order valence-electron chi connectivity index (χ1n) is 17.7. The Morgan fingerprint density at radius 1 is 0.780 bits per heavy atom. The molecular weight excluding hydrogens is 646 g/mol. The van der Waals surface area contributed by atoms with Crippen molar-refractivity contribution >= 4 is 41.5 Å². The maximum absolute atomic E-state index is 13.7. The summed E-state index contributed by atoms with van der Waals surface area (Å²) in [5, 5.41) is 22.2. The summed E-state index contributed by atoms with van der Waals surface area (Å²) in [6, 6.07) is 3.42. The summed E-state index contributed by atoms with van der Waals surface area (Å²) in [4.78, 5) is 90.2. The molecule has 5 amide bonds. The number of rotatable bonds is 20. The summed E-state index contributed by atoms with van der Waals surface area (Å²) in [5.74, 6) is -5.29. The van der Waals surface area contributed by atoms with Crippen molar-refractivity contribution in [3.05, 3.63) is 35.9 Å². The Morgan fingerprint density at radius 2 is 1.42 bits per heavy atom. The molecule has 1 fully saturated rings. The van der Waals surface area contributed by atoms with E-state index in [1.807, 2.05) is 27.7 Å². The topological polar surface area (TPSA) is 209 Å². The Kier molecular flexibility index (Phi) is 18.0. The van der Waals surface area contributed by atoms with Crippen molar-refractivity contribution in [1.29, 1.82) is 0 Å². The van der Waals surface area contributed by atoms with Crippen molar-refractivity contribution in [2.24, 2.45) is 17.8 Å². The number of ketones is 1. The summed E-state index contributed by atoms with van der Waals surface area (Å²) >= 11 is 0. The highest BCUT2D eigenvalue weighted by molar-refractivity contribution is 6.38. The third kappa shape index (κ3) is 14.6. The summed E-state index contributed by atoms with van der Waals surface area (Å²) in [7, 11) is 0. The Morgan fingerprint density at radius 3 is 2.00 bits per heavy atom. The molecule has 1 aromatic rings. The molecule has 4 atom stereocenters. The molecule has 1 aliphatic carbocycles. The maximum atomic E-state index is 13.7. The van der Waals surface area contributed by atoms with Gasteiger partial charge in [-0.3, -0.25) is 24.0 Å². The minimum atomic E-state index is -1.36.